The first-order valence-corrected chi connectivity index (χ1v) is 12.6. The van der Waals surface area contributed by atoms with Crippen molar-refractivity contribution in [1.82, 2.24) is 15.2 Å². The first-order chi connectivity index (χ1) is 17.3. The number of amides is 4. The van der Waals surface area contributed by atoms with E-state index in [0.717, 1.165) is 55.5 Å². The lowest BCUT2D eigenvalue weighted by Crippen LogP contribution is -2.49. The van der Waals surface area contributed by atoms with Crippen molar-refractivity contribution in [2.45, 2.75) is 57.0 Å². The molecule has 1 aliphatic heterocycles. The van der Waals surface area contributed by atoms with Crippen LogP contribution in [0.3, 0.4) is 0 Å². The molecule has 1 aromatic heterocycles. The number of aromatic nitrogens is 1. The van der Waals surface area contributed by atoms with Gasteiger partial charge < -0.3 is 20.1 Å². The summed E-state index contributed by atoms with van der Waals surface area (Å²) < 4.78 is 22.5. The Balaban J connectivity index is 1.50. The molecule has 1 saturated heterocycles. The standard InChI is InChI=1S/C24H27FN4O6S/c1-34-24(33)35-19-13-36-22(27-19)28-20(30)18(12-14-5-3-2-4-6-14)29-21(31)17(26-23(29)32)11-15-7-9-16(25)10-8-15/h7-10,13-14,17-18H,2-6,11-12H2,1H3,(H,26,32)(H,27,28,30)/t17-,18+/m1/s1. The molecule has 0 bridgehead atoms. The number of benzene rings is 1. The summed E-state index contributed by atoms with van der Waals surface area (Å²) in [5, 5.41) is 6.90. The summed E-state index contributed by atoms with van der Waals surface area (Å²) in [6, 6.07) is 3.16. The van der Waals surface area contributed by atoms with E-state index in [9.17, 15) is 23.6 Å². The van der Waals surface area contributed by atoms with Gasteiger partial charge in [0.1, 0.15) is 17.9 Å². The molecule has 0 unspecified atom stereocenters. The summed E-state index contributed by atoms with van der Waals surface area (Å²) in [5.41, 5.74) is 0.686. The number of carbonyl (C=O) groups is 4. The minimum atomic E-state index is -1.03. The van der Waals surface area contributed by atoms with Crippen molar-refractivity contribution in [2.24, 2.45) is 5.92 Å². The summed E-state index contributed by atoms with van der Waals surface area (Å²) in [7, 11) is 1.16. The third-order valence-electron chi connectivity index (χ3n) is 6.37. The van der Waals surface area contributed by atoms with Crippen molar-refractivity contribution in [3.05, 3.63) is 41.0 Å². The largest absolute Gasteiger partial charge is 0.514 e. The lowest BCUT2D eigenvalue weighted by Gasteiger charge is -2.30. The molecule has 4 rings (SSSR count). The number of anilines is 1. The fourth-order valence-corrected chi connectivity index (χ4v) is 5.20. The van der Waals surface area contributed by atoms with Gasteiger partial charge in [-0.3, -0.25) is 9.59 Å². The Hall–Kier alpha value is -3.54. The number of hydrogen-bond donors (Lipinski definition) is 2. The van der Waals surface area contributed by atoms with Crippen LogP contribution >= 0.6 is 11.3 Å². The number of nitrogens with one attached hydrogen (secondary N) is 2. The first-order valence-electron chi connectivity index (χ1n) is 11.7. The molecule has 36 heavy (non-hydrogen) atoms. The molecule has 2 N–H and O–H groups in total. The van der Waals surface area contributed by atoms with Gasteiger partial charge in [0.15, 0.2) is 5.13 Å². The number of ether oxygens (including phenoxy) is 2. The third-order valence-corrected chi connectivity index (χ3v) is 7.10. The molecule has 12 heteroatoms. The van der Waals surface area contributed by atoms with E-state index in [1.54, 1.807) is 12.1 Å². The van der Waals surface area contributed by atoms with E-state index in [-0.39, 0.29) is 23.4 Å². The van der Waals surface area contributed by atoms with Crippen LogP contribution in [0, 0.1) is 11.7 Å². The van der Waals surface area contributed by atoms with E-state index < -0.39 is 41.9 Å². The van der Waals surface area contributed by atoms with E-state index in [0.29, 0.717) is 12.0 Å². The monoisotopic (exact) mass is 518 g/mol. The highest BCUT2D eigenvalue weighted by molar-refractivity contribution is 7.14. The van der Waals surface area contributed by atoms with E-state index in [4.69, 9.17) is 4.74 Å². The highest BCUT2D eigenvalue weighted by Crippen LogP contribution is 2.31. The Bertz CT molecular complexity index is 1120. The number of methoxy groups -OCH3 is 1. The molecule has 2 atom stereocenters. The van der Waals surface area contributed by atoms with Crippen LogP contribution in [-0.2, 0) is 20.7 Å². The Labute approximate surface area is 211 Å². The second-order valence-corrected chi connectivity index (χ2v) is 9.69. The zero-order chi connectivity index (χ0) is 25.7. The molecule has 2 fully saturated rings. The zero-order valence-electron chi connectivity index (χ0n) is 19.7. The molecule has 2 aliphatic rings. The first kappa shape index (κ1) is 25.5. The molecule has 0 radical (unpaired) electrons. The Morgan fingerprint density at radius 3 is 2.64 bits per heavy atom. The number of rotatable bonds is 8. The topological polar surface area (TPSA) is 127 Å². The van der Waals surface area contributed by atoms with Gasteiger partial charge in [-0.2, -0.15) is 4.98 Å². The fourth-order valence-electron chi connectivity index (χ4n) is 4.59. The van der Waals surface area contributed by atoms with Crippen LogP contribution < -0.4 is 15.4 Å². The van der Waals surface area contributed by atoms with Gasteiger partial charge in [-0.15, -0.1) is 11.3 Å². The highest BCUT2D eigenvalue weighted by atomic mass is 32.1. The molecule has 10 nitrogen and oxygen atoms in total. The van der Waals surface area contributed by atoms with E-state index >= 15 is 0 Å². The molecule has 2 heterocycles. The number of imide groups is 1. The van der Waals surface area contributed by atoms with Crippen LogP contribution in [0.1, 0.15) is 44.1 Å². The van der Waals surface area contributed by atoms with Crippen molar-refractivity contribution >= 4 is 40.5 Å². The average Bonchev–Trinajstić information content (AvgIpc) is 3.42. The van der Waals surface area contributed by atoms with Gasteiger partial charge in [0.25, 0.3) is 5.91 Å². The van der Waals surface area contributed by atoms with Crippen molar-refractivity contribution in [3.63, 3.8) is 0 Å². The summed E-state index contributed by atoms with van der Waals surface area (Å²) in [4.78, 5) is 55.9. The maximum absolute atomic E-state index is 13.4. The Morgan fingerprint density at radius 2 is 1.94 bits per heavy atom. The van der Waals surface area contributed by atoms with Crippen LogP contribution in [0.5, 0.6) is 5.88 Å². The molecule has 2 aromatic rings. The van der Waals surface area contributed by atoms with Crippen molar-refractivity contribution in [1.29, 1.82) is 0 Å². The second kappa shape index (κ2) is 11.5. The smallest absolute Gasteiger partial charge is 0.437 e. The van der Waals surface area contributed by atoms with E-state index in [1.165, 1.54) is 17.5 Å². The highest BCUT2D eigenvalue weighted by Gasteiger charge is 2.45. The minimum absolute atomic E-state index is 0.0414. The SMILES string of the molecule is COC(=O)Oc1csc(NC(=O)[C@H](CC2CCCCC2)N2C(=O)N[C@H](Cc3ccc(F)cc3)C2=O)n1. The van der Waals surface area contributed by atoms with Gasteiger partial charge in [0, 0.05) is 6.42 Å². The van der Waals surface area contributed by atoms with Crippen molar-refractivity contribution in [2.75, 3.05) is 12.4 Å². The predicted molar refractivity (Wildman–Crippen MR) is 128 cm³/mol. The molecule has 1 aliphatic carbocycles. The van der Waals surface area contributed by atoms with Crippen LogP contribution in [0.2, 0.25) is 0 Å². The van der Waals surface area contributed by atoms with Gasteiger partial charge in [-0.25, -0.2) is 18.9 Å². The summed E-state index contributed by atoms with van der Waals surface area (Å²) >= 11 is 1.03. The maximum atomic E-state index is 13.4. The molecule has 4 amide bonds. The minimum Gasteiger partial charge on any atom is -0.437 e. The number of thiazole rings is 1. The van der Waals surface area contributed by atoms with Gasteiger partial charge in [-0.1, -0.05) is 44.2 Å². The zero-order valence-corrected chi connectivity index (χ0v) is 20.5. The van der Waals surface area contributed by atoms with Crippen LogP contribution in [0.25, 0.3) is 0 Å². The molecule has 0 spiro atoms. The van der Waals surface area contributed by atoms with Crippen LogP contribution in [0.4, 0.5) is 19.1 Å². The van der Waals surface area contributed by atoms with E-state index in [1.807, 2.05) is 0 Å². The number of hydrogen-bond acceptors (Lipinski definition) is 8. The molecule has 192 valence electrons. The predicted octanol–water partition coefficient (Wildman–Crippen LogP) is 3.87. The summed E-state index contributed by atoms with van der Waals surface area (Å²) in [5.74, 6) is -1.30. The average molecular weight is 519 g/mol. The molecular weight excluding hydrogens is 491 g/mol. The number of urea groups is 1. The maximum Gasteiger partial charge on any atom is 0.514 e. The van der Waals surface area contributed by atoms with Crippen molar-refractivity contribution in [3.8, 4) is 5.88 Å². The Morgan fingerprint density at radius 1 is 1.22 bits per heavy atom. The molecule has 1 saturated carbocycles. The number of nitrogens with zero attached hydrogens (tertiary/aromatic N) is 2. The Kier molecular flexibility index (Phi) is 8.14. The van der Waals surface area contributed by atoms with Gasteiger partial charge in [0.2, 0.25) is 11.8 Å². The van der Waals surface area contributed by atoms with Crippen molar-refractivity contribution < 1.29 is 33.0 Å². The third kappa shape index (κ3) is 6.17. The summed E-state index contributed by atoms with van der Waals surface area (Å²) in [6.07, 6.45) is 4.60. The normalized spacial score (nSPS) is 19.1. The lowest BCUT2D eigenvalue weighted by molar-refractivity contribution is -0.134. The summed E-state index contributed by atoms with van der Waals surface area (Å²) in [6.45, 7) is 0. The van der Waals surface area contributed by atoms with Crippen LogP contribution in [0.15, 0.2) is 29.6 Å². The second-order valence-electron chi connectivity index (χ2n) is 8.83. The van der Waals surface area contributed by atoms with Crippen LogP contribution in [-0.4, -0.2) is 53.1 Å². The van der Waals surface area contributed by atoms with Gasteiger partial charge in [0.05, 0.1) is 12.5 Å². The molecule has 1 aromatic carbocycles. The van der Waals surface area contributed by atoms with Gasteiger partial charge >= 0.3 is 12.2 Å². The van der Waals surface area contributed by atoms with E-state index in [2.05, 4.69) is 20.4 Å². The number of carbonyl (C=O) groups excluding carboxylic acids is 4. The molecular formula is C24H27FN4O6S. The number of halogens is 1. The lowest BCUT2D eigenvalue weighted by atomic mass is 9.84. The fraction of sp³-hybridized carbons (Fsp3) is 0.458. The van der Waals surface area contributed by atoms with Gasteiger partial charge in [-0.05, 0) is 30.0 Å². The quantitative estimate of drug-likeness (QED) is 0.401.